The molecule has 180 valence electrons. The van der Waals surface area contributed by atoms with Gasteiger partial charge in [0, 0.05) is 12.3 Å². The summed E-state index contributed by atoms with van der Waals surface area (Å²) in [5.74, 6) is 2.53. The van der Waals surface area contributed by atoms with Gasteiger partial charge in [-0.2, -0.15) is 0 Å². The van der Waals surface area contributed by atoms with Gasteiger partial charge in [-0.1, -0.05) is 0 Å². The summed E-state index contributed by atoms with van der Waals surface area (Å²) >= 11 is 0. The Hall–Kier alpha value is -3.33. The minimum absolute atomic E-state index is 0.201. The number of aromatic nitrogens is 2. The Bertz CT molecular complexity index is 1130. The van der Waals surface area contributed by atoms with Gasteiger partial charge in [-0.3, -0.25) is 18.9 Å². The molecule has 0 amide bonds. The number of nitrogens with zero attached hydrogens (tertiary/aromatic N) is 1. The molecule has 2 unspecified atom stereocenters. The number of aromatic amines is 1. The maximum Gasteiger partial charge on any atom is 0.463 e. The number of H-pyrrole nitrogens is 1. The molecule has 0 aliphatic carbocycles. The normalized spacial score (nSPS) is 17.5. The predicted molar refractivity (Wildman–Crippen MR) is 125 cm³/mol. The third-order valence-corrected chi connectivity index (χ3v) is 6.17. The monoisotopic (exact) mass is 488 g/mol. The molecule has 2 aromatic carbocycles. The highest BCUT2D eigenvalue weighted by Gasteiger charge is 2.29. The number of rotatable bonds is 10. The lowest BCUT2D eigenvalue weighted by molar-refractivity contribution is -0.0211. The fourth-order valence-electron chi connectivity index (χ4n) is 3.33. The van der Waals surface area contributed by atoms with Crippen LogP contribution in [0.2, 0.25) is 0 Å². The summed E-state index contributed by atoms with van der Waals surface area (Å²) in [5.41, 5.74) is -0.955. The van der Waals surface area contributed by atoms with Crippen LogP contribution in [0.15, 0.2) is 70.4 Å². The summed E-state index contributed by atoms with van der Waals surface area (Å²) in [7, 11) is 1.37. The Morgan fingerprint density at radius 2 is 1.44 bits per heavy atom. The van der Waals surface area contributed by atoms with Crippen molar-refractivity contribution in [1.82, 2.24) is 9.55 Å². The first kappa shape index (κ1) is 23.8. The molecule has 1 aliphatic heterocycles. The molecule has 1 saturated heterocycles. The molecule has 4 rings (SSSR count). The second-order valence-electron chi connectivity index (χ2n) is 7.36. The van der Waals surface area contributed by atoms with Gasteiger partial charge in [0.2, 0.25) is 0 Å². The summed E-state index contributed by atoms with van der Waals surface area (Å²) < 4.78 is 35.6. The van der Waals surface area contributed by atoms with Crippen molar-refractivity contribution in [1.29, 1.82) is 0 Å². The Morgan fingerprint density at radius 1 is 0.882 bits per heavy atom. The van der Waals surface area contributed by atoms with E-state index in [-0.39, 0.29) is 12.7 Å². The third kappa shape index (κ3) is 6.17. The maximum atomic E-state index is 12.0. The molecule has 1 fully saturated rings. The highest BCUT2D eigenvalue weighted by atomic mass is 31.2. The second kappa shape index (κ2) is 11.2. The lowest BCUT2D eigenvalue weighted by Gasteiger charge is -2.20. The van der Waals surface area contributed by atoms with E-state index in [0.717, 1.165) is 0 Å². The van der Waals surface area contributed by atoms with Gasteiger partial charge in [0.05, 0.1) is 26.9 Å². The van der Waals surface area contributed by atoms with Crippen LogP contribution in [0.3, 0.4) is 0 Å². The van der Waals surface area contributed by atoms with Crippen molar-refractivity contribution in [2.24, 2.45) is 0 Å². The molecule has 0 spiro atoms. The maximum absolute atomic E-state index is 12.0. The molecule has 3 aromatic rings. The molecule has 1 aromatic heterocycles. The average Bonchev–Trinajstić information content (AvgIpc) is 3.32. The van der Waals surface area contributed by atoms with Crippen LogP contribution < -0.4 is 29.8 Å². The number of nitrogens with one attached hydrogen (secondary N) is 1. The minimum atomic E-state index is -1.81. The van der Waals surface area contributed by atoms with Crippen LogP contribution >= 0.6 is 8.60 Å². The first-order valence-corrected chi connectivity index (χ1v) is 11.7. The molecule has 0 bridgehead atoms. The van der Waals surface area contributed by atoms with E-state index in [4.69, 9.17) is 27.8 Å². The highest BCUT2D eigenvalue weighted by Crippen LogP contribution is 2.43. The van der Waals surface area contributed by atoms with Crippen molar-refractivity contribution in [2.75, 3.05) is 20.8 Å². The quantitative estimate of drug-likeness (QED) is 0.431. The first-order chi connectivity index (χ1) is 16.5. The van der Waals surface area contributed by atoms with Crippen LogP contribution in [0.5, 0.6) is 23.0 Å². The SMILES string of the molecule is COc1ccc(OP(OCC2CCC(n3ccc(=O)[nH]c3=O)O2)Oc2ccc(OC)cc2)cc1. The zero-order valence-electron chi connectivity index (χ0n) is 18.7. The predicted octanol–water partition coefficient (Wildman–Crippen LogP) is 3.63. The minimum Gasteiger partial charge on any atom is -0.497 e. The molecule has 1 N–H and O–H groups in total. The van der Waals surface area contributed by atoms with Crippen LogP contribution in [0.1, 0.15) is 19.1 Å². The summed E-state index contributed by atoms with van der Waals surface area (Å²) in [6, 6.07) is 15.5. The van der Waals surface area contributed by atoms with Gasteiger partial charge >= 0.3 is 14.3 Å². The van der Waals surface area contributed by atoms with Gasteiger partial charge in [-0.15, -0.1) is 0 Å². The first-order valence-electron chi connectivity index (χ1n) is 10.6. The number of benzene rings is 2. The summed E-state index contributed by atoms with van der Waals surface area (Å²) in [6.45, 7) is 0.201. The van der Waals surface area contributed by atoms with Crippen molar-refractivity contribution in [3.63, 3.8) is 0 Å². The number of hydrogen-bond donors (Lipinski definition) is 1. The van der Waals surface area contributed by atoms with Crippen LogP contribution in [0, 0.1) is 0 Å². The van der Waals surface area contributed by atoms with E-state index in [1.165, 1.54) is 16.8 Å². The zero-order valence-corrected chi connectivity index (χ0v) is 19.6. The second-order valence-corrected chi connectivity index (χ2v) is 8.43. The highest BCUT2D eigenvalue weighted by molar-refractivity contribution is 7.42. The van der Waals surface area contributed by atoms with Crippen LogP contribution in [0.4, 0.5) is 0 Å². The summed E-state index contributed by atoms with van der Waals surface area (Å²) in [4.78, 5) is 25.6. The van der Waals surface area contributed by atoms with Gasteiger partial charge in [0.15, 0.2) is 0 Å². The van der Waals surface area contributed by atoms with E-state index in [1.807, 2.05) is 0 Å². The molecular weight excluding hydrogens is 463 g/mol. The number of hydrogen-bond acceptors (Lipinski definition) is 8. The Morgan fingerprint density at radius 3 is 1.97 bits per heavy atom. The molecule has 0 radical (unpaired) electrons. The van der Waals surface area contributed by atoms with E-state index in [1.54, 1.807) is 62.8 Å². The van der Waals surface area contributed by atoms with Crippen molar-refractivity contribution < 1.29 is 27.8 Å². The molecule has 0 saturated carbocycles. The van der Waals surface area contributed by atoms with Gasteiger partial charge < -0.3 is 23.3 Å². The molecule has 11 heteroatoms. The van der Waals surface area contributed by atoms with Crippen molar-refractivity contribution >= 4 is 8.60 Å². The molecule has 34 heavy (non-hydrogen) atoms. The van der Waals surface area contributed by atoms with E-state index in [0.29, 0.717) is 35.8 Å². The molecular formula is C23H25N2O8P. The van der Waals surface area contributed by atoms with E-state index < -0.39 is 26.1 Å². The third-order valence-electron chi connectivity index (χ3n) is 5.09. The summed E-state index contributed by atoms with van der Waals surface area (Å²) in [6.07, 6.45) is 1.96. The molecule has 2 atom stereocenters. The zero-order chi connectivity index (χ0) is 23.9. The lowest BCUT2D eigenvalue weighted by atomic mass is 10.2. The summed E-state index contributed by atoms with van der Waals surface area (Å²) in [5, 5.41) is 0. The van der Waals surface area contributed by atoms with Gasteiger partial charge in [-0.25, -0.2) is 4.79 Å². The fourth-order valence-corrected chi connectivity index (χ4v) is 4.35. The van der Waals surface area contributed by atoms with Crippen molar-refractivity contribution in [2.45, 2.75) is 25.2 Å². The topological polar surface area (TPSA) is 110 Å². The van der Waals surface area contributed by atoms with Crippen LogP contribution in [0.25, 0.3) is 0 Å². The fraction of sp³-hybridized carbons (Fsp3) is 0.304. The smallest absolute Gasteiger partial charge is 0.463 e. The van der Waals surface area contributed by atoms with Gasteiger partial charge in [-0.05, 0) is 61.4 Å². The Balaban J connectivity index is 1.40. The molecule has 1 aliphatic rings. The number of ether oxygens (including phenoxy) is 3. The lowest BCUT2D eigenvalue weighted by Crippen LogP contribution is -2.31. The van der Waals surface area contributed by atoms with Crippen LogP contribution in [-0.4, -0.2) is 36.5 Å². The van der Waals surface area contributed by atoms with Crippen LogP contribution in [-0.2, 0) is 9.26 Å². The van der Waals surface area contributed by atoms with Gasteiger partial charge in [0.25, 0.3) is 5.56 Å². The largest absolute Gasteiger partial charge is 0.497 e. The standard InChI is InChI=1S/C23H25N2O8P/c1-28-16-3-7-18(8-4-16)32-34(33-19-9-5-17(29-2)6-10-19)30-15-20-11-12-22(31-20)25-14-13-21(26)24-23(25)27/h3-10,13-14,20,22H,11-12,15H2,1-2H3,(H,24,26,27). The van der Waals surface area contributed by atoms with E-state index in [9.17, 15) is 9.59 Å². The van der Waals surface area contributed by atoms with Crippen molar-refractivity contribution in [3.05, 3.63) is 81.6 Å². The van der Waals surface area contributed by atoms with Gasteiger partial charge in [0.1, 0.15) is 29.2 Å². The van der Waals surface area contributed by atoms with E-state index >= 15 is 0 Å². The Labute approximate surface area is 197 Å². The van der Waals surface area contributed by atoms with E-state index in [2.05, 4.69) is 4.98 Å². The molecule has 10 nitrogen and oxygen atoms in total. The van der Waals surface area contributed by atoms with Crippen molar-refractivity contribution in [3.8, 4) is 23.0 Å². The number of methoxy groups -OCH3 is 2. The molecule has 2 heterocycles. The average molecular weight is 488 g/mol. The Kier molecular flexibility index (Phi) is 7.84.